The van der Waals surface area contributed by atoms with E-state index in [0.717, 1.165) is 6.42 Å². The molecular weight excluding hydrogens is 1140 g/mol. The highest BCUT2D eigenvalue weighted by Gasteiger charge is 2.17. The van der Waals surface area contributed by atoms with Gasteiger partial charge < -0.3 is 0 Å². The van der Waals surface area contributed by atoms with Gasteiger partial charge >= 0.3 is 0 Å². The van der Waals surface area contributed by atoms with Gasteiger partial charge in [-0.25, -0.2) is 0 Å². The third kappa shape index (κ3) is 477. The summed E-state index contributed by atoms with van der Waals surface area (Å²) >= 11 is 132. The second kappa shape index (κ2) is 60.9. The van der Waals surface area contributed by atoms with E-state index in [9.17, 15) is 0 Å². The molecule has 0 spiro atoms. The Balaban J connectivity index is -0.0000000430. The Bertz CT molecular complexity index is 279. The molecule has 0 nitrogen and oxygen atoms in total. The van der Waals surface area contributed by atoms with Gasteiger partial charge in [-0.15, -0.1) is 0 Å². The molecule has 27 heteroatoms. The van der Waals surface area contributed by atoms with Crippen molar-refractivity contribution >= 4 is 313 Å². The third-order valence-electron chi connectivity index (χ3n) is 1.31. The van der Waals surface area contributed by atoms with E-state index < -0.39 is 38.2 Å². The van der Waals surface area contributed by atoms with Crippen LogP contribution in [0.2, 0.25) is 0 Å². The lowest BCUT2D eigenvalue weighted by atomic mass is 10.2. The molecule has 270 valence electrons. The van der Waals surface area contributed by atoms with Crippen molar-refractivity contribution in [1.29, 1.82) is 0 Å². The molecule has 0 saturated carbocycles. The largest absolute Gasteiger partial charge is 0.190 e. The van der Waals surface area contributed by atoms with Crippen LogP contribution >= 0.6 is 313 Å². The van der Waals surface area contributed by atoms with Crippen molar-refractivity contribution in [2.75, 3.05) is 0 Å². The quantitative estimate of drug-likeness (QED) is 0.194. The van der Waals surface area contributed by atoms with Crippen molar-refractivity contribution in [3.05, 3.63) is 0 Å². The monoisotopic (exact) mass is 1150 g/mol. The molecule has 0 heterocycles. The van der Waals surface area contributed by atoms with Gasteiger partial charge in [0.1, 0.15) is 0 Å². The first-order valence-corrected chi connectivity index (χ1v) is 20.5. The van der Waals surface area contributed by atoms with Crippen molar-refractivity contribution in [1.82, 2.24) is 0 Å². The van der Waals surface area contributed by atoms with E-state index in [1.165, 1.54) is 19.3 Å². The molecule has 0 aliphatic carbocycles. The van der Waals surface area contributed by atoms with Crippen LogP contribution in [-0.4, -0.2) is 38.2 Å². The predicted octanol–water partition coefficient (Wildman–Crippen LogP) is 20.2. The summed E-state index contributed by atoms with van der Waals surface area (Å²) in [6.45, 7) is 2.16. The van der Waals surface area contributed by atoms with Crippen molar-refractivity contribution in [3.8, 4) is 0 Å². The molecule has 0 saturated heterocycles. The second-order valence-corrected chi connectivity index (χ2v) is 22.8. The number of halogens is 27. The van der Waals surface area contributed by atoms with E-state index >= 15 is 0 Å². The second-order valence-electron chi connectivity index (χ2n) is 4.41. The summed E-state index contributed by atoms with van der Waals surface area (Å²) in [6, 6.07) is 0. The number of alkyl halides is 27. The summed E-state index contributed by atoms with van der Waals surface area (Å²) < 4.78 is -7.03. The summed E-state index contributed by atoms with van der Waals surface area (Å²) in [5, 5.41) is 0. The maximum Gasteiger partial charge on any atom is 0.190 e. The van der Waals surface area contributed by atoms with E-state index in [1.807, 2.05) is 0 Å². The number of hydrogen-bond acceptors (Lipinski definition) is 0. The number of rotatable bonds is 4. The van der Waals surface area contributed by atoms with Gasteiger partial charge in [-0.1, -0.05) is 339 Å². The lowest BCUT2D eigenvalue weighted by molar-refractivity contribution is 0.639. The molecular formula is C15H21Cl27. The Morgan fingerprint density at radius 1 is 0.310 bits per heavy atom. The summed E-state index contributed by atoms with van der Waals surface area (Å²) in [7, 11) is 0. The molecule has 0 atom stereocenters. The Morgan fingerprint density at radius 2 is 0.452 bits per heavy atom. The van der Waals surface area contributed by atoms with E-state index in [4.69, 9.17) is 313 Å². The minimum absolute atomic E-state index is 0.678. The standard InChI is InChI=1S/C7H13Cl3.8CHCl3/c1-2-3-4-5-6-7(8,9)10;8*2-1(3)4/h2-6H2,1H3;8*1H. The lowest BCUT2D eigenvalue weighted by Crippen LogP contribution is -2.00. The molecule has 0 unspecified atom stereocenters. The van der Waals surface area contributed by atoms with Crippen LogP contribution in [0.3, 0.4) is 0 Å². The molecule has 0 radical (unpaired) electrons. The lowest BCUT2D eigenvalue weighted by Gasteiger charge is -2.08. The van der Waals surface area contributed by atoms with Crippen LogP contribution < -0.4 is 0 Å². The summed E-state index contributed by atoms with van der Waals surface area (Å²) in [4.78, 5) is 0. The average Bonchev–Trinajstić information content (AvgIpc) is 2.61. The SMILES string of the molecule is CCCCCCC(Cl)(Cl)Cl.ClC(Cl)Cl.ClC(Cl)Cl.ClC(Cl)Cl.ClC(Cl)Cl.ClC(Cl)Cl.ClC(Cl)Cl.ClC(Cl)Cl.ClC(Cl)Cl. The third-order valence-corrected chi connectivity index (χ3v) is 1.88. The summed E-state index contributed by atoms with van der Waals surface area (Å²) in [6.07, 6.45) is 5.33. The van der Waals surface area contributed by atoms with Crippen LogP contribution in [0.15, 0.2) is 0 Å². The van der Waals surface area contributed by atoms with Crippen LogP contribution in [0.4, 0.5) is 0 Å². The van der Waals surface area contributed by atoms with Crippen molar-refractivity contribution in [2.24, 2.45) is 0 Å². The molecule has 0 fully saturated rings. The van der Waals surface area contributed by atoms with Gasteiger partial charge in [-0.3, -0.25) is 0 Å². The Hall–Kier alpha value is 7.83. The fraction of sp³-hybridized carbons (Fsp3) is 1.00. The molecule has 0 aliphatic heterocycles. The fourth-order valence-corrected chi connectivity index (χ4v) is 1.15. The van der Waals surface area contributed by atoms with E-state index in [2.05, 4.69) is 6.92 Å². The zero-order chi connectivity index (χ0) is 36.7. The van der Waals surface area contributed by atoms with Crippen molar-refractivity contribution < 1.29 is 0 Å². The number of hydrogen-bond donors (Lipinski definition) is 0. The van der Waals surface area contributed by atoms with Crippen LogP contribution in [0.25, 0.3) is 0 Å². The molecule has 0 aromatic heterocycles. The maximum absolute atomic E-state index is 5.54. The molecule has 0 aromatic carbocycles. The summed E-state index contributed by atoms with van der Waals surface area (Å²) in [5.74, 6) is 0. The Labute approximate surface area is 384 Å². The minimum atomic E-state index is -1.03. The van der Waals surface area contributed by atoms with Crippen molar-refractivity contribution in [3.63, 3.8) is 0 Å². The molecule has 0 rings (SSSR count). The Kier molecular flexibility index (Phi) is 103. The number of unbranched alkanes of at least 4 members (excludes halogenated alkanes) is 3. The van der Waals surface area contributed by atoms with Crippen molar-refractivity contribution in [2.45, 2.75) is 77.2 Å². The first-order valence-electron chi connectivity index (χ1n) is 8.86. The van der Waals surface area contributed by atoms with Gasteiger partial charge in [0.05, 0.1) is 0 Å². The van der Waals surface area contributed by atoms with E-state index in [-0.39, 0.29) is 0 Å². The van der Waals surface area contributed by atoms with E-state index in [1.54, 1.807) is 0 Å². The summed E-state index contributed by atoms with van der Waals surface area (Å²) in [5.41, 5.74) is 0. The van der Waals surface area contributed by atoms with Gasteiger partial charge in [-0.05, 0) is 12.8 Å². The fourth-order valence-electron chi connectivity index (χ4n) is 0.752. The highest BCUT2D eigenvalue weighted by Crippen LogP contribution is 2.32. The molecule has 0 amide bonds. The molecule has 0 N–H and O–H groups in total. The molecule has 42 heavy (non-hydrogen) atoms. The highest BCUT2D eigenvalue weighted by molar-refractivity contribution is 6.68. The molecule has 0 bridgehead atoms. The predicted molar refractivity (Wildman–Crippen MR) is 220 cm³/mol. The van der Waals surface area contributed by atoms with Gasteiger partial charge in [-0.2, -0.15) is 0 Å². The maximum atomic E-state index is 5.54. The topological polar surface area (TPSA) is 0 Å². The van der Waals surface area contributed by atoms with Crippen LogP contribution in [0.5, 0.6) is 0 Å². The van der Waals surface area contributed by atoms with Gasteiger partial charge in [0, 0.05) is 0 Å². The van der Waals surface area contributed by atoms with Gasteiger partial charge in [0.2, 0.25) is 0 Å². The smallest absolute Gasteiger partial charge is 0.0874 e. The highest BCUT2D eigenvalue weighted by atomic mass is 35.6. The molecule has 0 aliphatic rings. The van der Waals surface area contributed by atoms with Crippen LogP contribution in [-0.2, 0) is 0 Å². The van der Waals surface area contributed by atoms with Crippen LogP contribution in [0.1, 0.15) is 39.0 Å². The van der Waals surface area contributed by atoms with Gasteiger partial charge in [0.15, 0.2) is 38.2 Å². The van der Waals surface area contributed by atoms with E-state index in [0.29, 0.717) is 6.42 Å². The molecule has 0 aromatic rings. The first kappa shape index (κ1) is 71.3. The Morgan fingerprint density at radius 3 is 0.548 bits per heavy atom. The average molecular weight is 1160 g/mol. The zero-order valence-corrected chi connectivity index (χ0v) is 40.3. The first-order chi connectivity index (χ1) is 18.4. The minimum Gasteiger partial charge on any atom is -0.0874 e. The van der Waals surface area contributed by atoms with Crippen LogP contribution in [0, 0.1) is 0 Å². The zero-order valence-electron chi connectivity index (χ0n) is 19.9. The normalized spacial score (nSPS) is 9.71. The van der Waals surface area contributed by atoms with Gasteiger partial charge in [0.25, 0.3) is 0 Å².